The molecule has 0 aliphatic rings. The molecule has 0 spiro atoms. The third-order valence-corrected chi connectivity index (χ3v) is 3.99. The van der Waals surface area contributed by atoms with E-state index in [0.29, 0.717) is 12.3 Å². The highest BCUT2D eigenvalue weighted by Crippen LogP contribution is 2.18. The van der Waals surface area contributed by atoms with Gasteiger partial charge in [-0.05, 0) is 43.7 Å². The zero-order valence-electron chi connectivity index (χ0n) is 13.3. The van der Waals surface area contributed by atoms with Crippen LogP contribution < -0.4 is 5.32 Å². The van der Waals surface area contributed by atoms with E-state index in [4.69, 9.17) is 4.42 Å². The number of rotatable bonds is 6. The van der Waals surface area contributed by atoms with Crippen LogP contribution in [0.3, 0.4) is 0 Å². The molecule has 1 aromatic carbocycles. The van der Waals surface area contributed by atoms with Gasteiger partial charge in [-0.3, -0.25) is 0 Å². The summed E-state index contributed by atoms with van der Waals surface area (Å²) in [6, 6.07) is 12.0. The molecule has 3 aromatic rings. The van der Waals surface area contributed by atoms with Gasteiger partial charge in [-0.1, -0.05) is 12.1 Å². The van der Waals surface area contributed by atoms with Crippen molar-refractivity contribution in [2.45, 2.75) is 26.0 Å². The van der Waals surface area contributed by atoms with Crippen LogP contribution in [-0.4, -0.2) is 21.2 Å². The van der Waals surface area contributed by atoms with Crippen molar-refractivity contribution in [3.05, 3.63) is 72.2 Å². The van der Waals surface area contributed by atoms with Crippen LogP contribution >= 0.6 is 0 Å². The number of aryl methyl sites for hydroxylation is 1. The van der Waals surface area contributed by atoms with Crippen molar-refractivity contribution in [2.75, 3.05) is 6.54 Å². The molecule has 0 saturated heterocycles. The maximum Gasteiger partial charge on any atom is 0.133 e. The molecule has 0 bridgehead atoms. The quantitative estimate of drug-likeness (QED) is 0.734. The summed E-state index contributed by atoms with van der Waals surface area (Å²) in [5.74, 6) is 1.54. The van der Waals surface area contributed by atoms with Crippen LogP contribution in [0.5, 0.6) is 0 Å². The highest BCUT2D eigenvalue weighted by molar-refractivity contribution is 5.36. The monoisotopic (exact) mass is 311 g/mol. The largest absolute Gasteiger partial charge is 0.467 e. The first-order chi connectivity index (χ1) is 11.1. The predicted octanol–water partition coefficient (Wildman–Crippen LogP) is 3.16. The van der Waals surface area contributed by atoms with Gasteiger partial charge in [-0.15, -0.1) is 0 Å². The van der Waals surface area contributed by atoms with Crippen molar-refractivity contribution < 1.29 is 9.52 Å². The van der Waals surface area contributed by atoms with Gasteiger partial charge in [0.25, 0.3) is 0 Å². The Hall–Kier alpha value is -2.37. The van der Waals surface area contributed by atoms with Crippen LogP contribution in [0, 0.1) is 6.92 Å². The molecule has 2 heterocycles. The normalized spacial score (nSPS) is 13.9. The first-order valence-electron chi connectivity index (χ1n) is 7.70. The van der Waals surface area contributed by atoms with Crippen LogP contribution in [-0.2, 0) is 0 Å². The van der Waals surface area contributed by atoms with Crippen molar-refractivity contribution in [1.29, 1.82) is 0 Å². The number of aliphatic hydroxyl groups excluding tert-OH is 1. The molecule has 23 heavy (non-hydrogen) atoms. The summed E-state index contributed by atoms with van der Waals surface area (Å²) in [6.07, 6.45) is 4.67. The lowest BCUT2D eigenvalue weighted by Gasteiger charge is -2.17. The second-order valence-corrected chi connectivity index (χ2v) is 5.60. The molecule has 0 aliphatic heterocycles. The van der Waals surface area contributed by atoms with Gasteiger partial charge < -0.3 is 19.4 Å². The molecule has 0 fully saturated rings. The van der Waals surface area contributed by atoms with Gasteiger partial charge in [0.2, 0.25) is 0 Å². The number of aliphatic hydroxyl groups is 1. The second-order valence-electron chi connectivity index (χ2n) is 5.60. The Bertz CT molecular complexity index is 732. The van der Waals surface area contributed by atoms with Crippen molar-refractivity contribution in [3.8, 4) is 5.69 Å². The zero-order valence-corrected chi connectivity index (χ0v) is 13.3. The van der Waals surface area contributed by atoms with Crippen LogP contribution in [0.15, 0.2) is 59.5 Å². The van der Waals surface area contributed by atoms with Gasteiger partial charge in [0.15, 0.2) is 0 Å². The minimum atomic E-state index is -0.639. The third kappa shape index (κ3) is 3.52. The van der Waals surface area contributed by atoms with E-state index < -0.39 is 6.10 Å². The number of nitrogens with zero attached hydrogens (tertiary/aromatic N) is 2. The molecule has 120 valence electrons. The molecule has 5 heteroatoms. The molecular formula is C18H21N3O2. The number of nitrogens with one attached hydrogen (secondary N) is 1. The fourth-order valence-electron chi connectivity index (χ4n) is 2.56. The summed E-state index contributed by atoms with van der Waals surface area (Å²) in [5, 5.41) is 13.4. The standard InChI is InChI=1S/C18H21N3O2/c1-13(20-12-17(22)18-4-3-11-23-18)15-5-7-16(8-6-15)21-10-9-19-14(21)2/h3-11,13,17,20,22H,12H2,1-2H3. The highest BCUT2D eigenvalue weighted by atomic mass is 16.4. The number of benzene rings is 1. The molecule has 0 radical (unpaired) electrons. The highest BCUT2D eigenvalue weighted by Gasteiger charge is 2.12. The summed E-state index contributed by atoms with van der Waals surface area (Å²) in [4.78, 5) is 4.24. The number of imidazole rings is 1. The van der Waals surface area contributed by atoms with E-state index in [1.54, 1.807) is 24.6 Å². The summed E-state index contributed by atoms with van der Waals surface area (Å²) in [7, 11) is 0. The van der Waals surface area contributed by atoms with Gasteiger partial charge in [-0.25, -0.2) is 4.98 Å². The topological polar surface area (TPSA) is 63.2 Å². The smallest absolute Gasteiger partial charge is 0.133 e. The molecule has 5 nitrogen and oxygen atoms in total. The Balaban J connectivity index is 1.61. The van der Waals surface area contributed by atoms with Crippen molar-refractivity contribution in [2.24, 2.45) is 0 Å². The first-order valence-corrected chi connectivity index (χ1v) is 7.70. The van der Waals surface area contributed by atoms with E-state index in [1.165, 1.54) is 0 Å². The zero-order chi connectivity index (χ0) is 16.2. The van der Waals surface area contributed by atoms with Gasteiger partial charge in [0.1, 0.15) is 17.7 Å². The fourth-order valence-corrected chi connectivity index (χ4v) is 2.56. The Morgan fingerprint density at radius 2 is 2.04 bits per heavy atom. The van der Waals surface area contributed by atoms with Crippen molar-refractivity contribution in [1.82, 2.24) is 14.9 Å². The van der Waals surface area contributed by atoms with Gasteiger partial charge in [-0.2, -0.15) is 0 Å². The second kappa shape index (κ2) is 6.81. The van der Waals surface area contributed by atoms with Gasteiger partial charge >= 0.3 is 0 Å². The molecular weight excluding hydrogens is 290 g/mol. The molecule has 0 aliphatic carbocycles. The molecule has 0 amide bonds. The summed E-state index contributed by atoms with van der Waals surface area (Å²) < 4.78 is 7.25. The lowest BCUT2D eigenvalue weighted by Crippen LogP contribution is -2.24. The molecule has 0 saturated carbocycles. The Morgan fingerprint density at radius 1 is 1.26 bits per heavy atom. The Labute approximate surface area is 135 Å². The molecule has 2 atom stereocenters. The minimum absolute atomic E-state index is 0.137. The van der Waals surface area contributed by atoms with Crippen molar-refractivity contribution >= 4 is 0 Å². The number of aromatic nitrogens is 2. The fraction of sp³-hybridized carbons (Fsp3) is 0.278. The van der Waals surface area contributed by atoms with E-state index >= 15 is 0 Å². The maximum absolute atomic E-state index is 10.0. The molecule has 2 aromatic heterocycles. The SMILES string of the molecule is Cc1nccn1-c1ccc(C(C)NCC(O)c2ccco2)cc1. The maximum atomic E-state index is 10.0. The molecule has 2 unspecified atom stereocenters. The predicted molar refractivity (Wildman–Crippen MR) is 88.4 cm³/mol. The molecule has 3 rings (SSSR count). The number of furan rings is 1. The lowest BCUT2D eigenvalue weighted by atomic mass is 10.1. The number of hydrogen-bond acceptors (Lipinski definition) is 4. The van der Waals surface area contributed by atoms with E-state index in [9.17, 15) is 5.11 Å². The summed E-state index contributed by atoms with van der Waals surface area (Å²) in [5.41, 5.74) is 2.25. The van der Waals surface area contributed by atoms with Crippen molar-refractivity contribution in [3.63, 3.8) is 0 Å². The van der Waals surface area contributed by atoms with E-state index in [0.717, 1.165) is 17.1 Å². The van der Waals surface area contributed by atoms with Crippen LogP contribution in [0.1, 0.15) is 36.2 Å². The third-order valence-electron chi connectivity index (χ3n) is 3.99. The number of hydrogen-bond donors (Lipinski definition) is 2. The minimum Gasteiger partial charge on any atom is -0.467 e. The van der Waals surface area contributed by atoms with E-state index in [1.807, 2.05) is 17.7 Å². The summed E-state index contributed by atoms with van der Waals surface area (Å²) >= 11 is 0. The van der Waals surface area contributed by atoms with Gasteiger partial charge in [0.05, 0.1) is 6.26 Å². The van der Waals surface area contributed by atoms with Crippen LogP contribution in [0.25, 0.3) is 5.69 Å². The molecule has 2 N–H and O–H groups in total. The van der Waals surface area contributed by atoms with E-state index in [-0.39, 0.29) is 6.04 Å². The lowest BCUT2D eigenvalue weighted by molar-refractivity contribution is 0.144. The van der Waals surface area contributed by atoms with Gasteiger partial charge in [0, 0.05) is 30.7 Å². The Kier molecular flexibility index (Phi) is 4.60. The van der Waals surface area contributed by atoms with Crippen LogP contribution in [0.4, 0.5) is 0 Å². The summed E-state index contributed by atoms with van der Waals surface area (Å²) in [6.45, 7) is 4.50. The van der Waals surface area contributed by atoms with Crippen LogP contribution in [0.2, 0.25) is 0 Å². The Morgan fingerprint density at radius 3 is 2.65 bits per heavy atom. The average Bonchev–Trinajstić information content (AvgIpc) is 3.24. The van der Waals surface area contributed by atoms with E-state index in [2.05, 4.69) is 41.5 Å². The average molecular weight is 311 g/mol. The first kappa shape index (κ1) is 15.5.